The predicted molar refractivity (Wildman–Crippen MR) is 72.6 cm³/mol. The lowest BCUT2D eigenvalue weighted by molar-refractivity contribution is 0.0697. The number of rotatable bonds is 3. The average Bonchev–Trinajstić information content (AvgIpc) is 2.38. The van der Waals surface area contributed by atoms with Crippen molar-refractivity contribution in [2.45, 2.75) is 6.92 Å². The predicted octanol–water partition coefficient (Wildman–Crippen LogP) is 3.60. The number of halogens is 1. The Morgan fingerprint density at radius 3 is 2.37 bits per heavy atom. The Morgan fingerprint density at radius 1 is 1.16 bits per heavy atom. The summed E-state index contributed by atoms with van der Waals surface area (Å²) in [5, 5.41) is 9.24. The molecule has 0 saturated carbocycles. The summed E-state index contributed by atoms with van der Waals surface area (Å²) in [5.41, 5.74) is 2.41. The van der Waals surface area contributed by atoms with E-state index >= 15 is 0 Å². The van der Waals surface area contributed by atoms with Gasteiger partial charge in [0, 0.05) is 12.7 Å². The van der Waals surface area contributed by atoms with Crippen LogP contribution in [-0.2, 0) is 0 Å². The molecule has 3 nitrogen and oxygen atoms in total. The second kappa shape index (κ2) is 5.10. The quantitative estimate of drug-likeness (QED) is 0.915. The first-order valence-electron chi connectivity index (χ1n) is 5.82. The van der Waals surface area contributed by atoms with Crippen molar-refractivity contribution in [3.8, 4) is 0 Å². The summed E-state index contributed by atoms with van der Waals surface area (Å²) >= 11 is 0. The zero-order valence-electron chi connectivity index (χ0n) is 10.7. The minimum atomic E-state index is -0.979. The number of aromatic carboxylic acids is 1. The van der Waals surface area contributed by atoms with Crippen LogP contribution in [0.15, 0.2) is 42.5 Å². The van der Waals surface area contributed by atoms with E-state index in [4.69, 9.17) is 0 Å². The monoisotopic (exact) mass is 259 g/mol. The van der Waals surface area contributed by atoms with E-state index in [1.54, 1.807) is 36.2 Å². The van der Waals surface area contributed by atoms with Gasteiger partial charge in [-0.1, -0.05) is 11.6 Å². The summed E-state index contributed by atoms with van der Waals surface area (Å²) < 4.78 is 12.9. The summed E-state index contributed by atoms with van der Waals surface area (Å²) in [5.74, 6) is -1.30. The van der Waals surface area contributed by atoms with Crippen LogP contribution < -0.4 is 4.90 Å². The summed E-state index contributed by atoms with van der Waals surface area (Å²) in [4.78, 5) is 13.0. The minimum absolute atomic E-state index is 0.229. The second-order valence-corrected chi connectivity index (χ2v) is 4.36. The zero-order chi connectivity index (χ0) is 14.0. The van der Waals surface area contributed by atoms with Gasteiger partial charge in [-0.3, -0.25) is 0 Å². The highest BCUT2D eigenvalue weighted by Crippen LogP contribution is 2.28. The van der Waals surface area contributed by atoms with E-state index < -0.39 is 5.97 Å². The van der Waals surface area contributed by atoms with Crippen molar-refractivity contribution in [2.75, 3.05) is 11.9 Å². The number of benzene rings is 2. The fourth-order valence-electron chi connectivity index (χ4n) is 1.92. The number of hydrogen-bond donors (Lipinski definition) is 1. The molecule has 0 saturated heterocycles. The largest absolute Gasteiger partial charge is 0.478 e. The van der Waals surface area contributed by atoms with Crippen molar-refractivity contribution < 1.29 is 14.3 Å². The maximum atomic E-state index is 12.9. The van der Waals surface area contributed by atoms with Gasteiger partial charge < -0.3 is 10.0 Å². The number of carbonyl (C=O) groups is 1. The smallest absolute Gasteiger partial charge is 0.337 e. The third-order valence-electron chi connectivity index (χ3n) is 2.96. The van der Waals surface area contributed by atoms with Gasteiger partial charge in [-0.05, 0) is 43.3 Å². The Morgan fingerprint density at radius 2 is 1.79 bits per heavy atom. The molecule has 98 valence electrons. The van der Waals surface area contributed by atoms with Gasteiger partial charge in [0.25, 0.3) is 0 Å². The SMILES string of the molecule is Cc1ccc(N(C)c2ccc(F)cc2)c(C(=O)O)c1. The molecule has 2 aromatic rings. The Bertz CT molecular complexity index is 608. The molecule has 0 atom stereocenters. The first kappa shape index (κ1) is 13.1. The molecule has 0 aromatic heterocycles. The maximum Gasteiger partial charge on any atom is 0.337 e. The fraction of sp³-hybridized carbons (Fsp3) is 0.133. The average molecular weight is 259 g/mol. The molecule has 0 spiro atoms. The first-order valence-corrected chi connectivity index (χ1v) is 5.82. The standard InChI is InChI=1S/C15H14FNO2/c1-10-3-8-14(13(9-10)15(18)19)17(2)12-6-4-11(16)5-7-12/h3-9H,1-2H3,(H,18,19). The lowest BCUT2D eigenvalue weighted by atomic mass is 10.1. The Hall–Kier alpha value is -2.36. The van der Waals surface area contributed by atoms with Crippen molar-refractivity contribution in [2.24, 2.45) is 0 Å². The molecule has 19 heavy (non-hydrogen) atoms. The highest BCUT2D eigenvalue weighted by molar-refractivity contribution is 5.95. The normalized spacial score (nSPS) is 10.3. The van der Waals surface area contributed by atoms with Crippen LogP contribution in [0.5, 0.6) is 0 Å². The van der Waals surface area contributed by atoms with Gasteiger partial charge >= 0.3 is 5.97 Å². The molecule has 2 rings (SSSR count). The van der Waals surface area contributed by atoms with Gasteiger partial charge in [-0.25, -0.2) is 9.18 Å². The van der Waals surface area contributed by atoms with Gasteiger partial charge in [0.1, 0.15) is 5.82 Å². The molecule has 0 aliphatic rings. The summed E-state index contributed by atoms with van der Waals surface area (Å²) in [6.07, 6.45) is 0. The molecular formula is C15H14FNO2. The van der Waals surface area contributed by atoms with E-state index in [0.717, 1.165) is 11.3 Å². The van der Waals surface area contributed by atoms with Crippen LogP contribution in [0.4, 0.5) is 15.8 Å². The van der Waals surface area contributed by atoms with E-state index in [-0.39, 0.29) is 11.4 Å². The van der Waals surface area contributed by atoms with Crippen molar-refractivity contribution in [1.82, 2.24) is 0 Å². The number of aryl methyl sites for hydroxylation is 1. The van der Waals surface area contributed by atoms with E-state index in [9.17, 15) is 14.3 Å². The molecule has 0 fully saturated rings. The number of carboxylic acids is 1. The van der Waals surface area contributed by atoms with Crippen molar-refractivity contribution >= 4 is 17.3 Å². The molecule has 2 aromatic carbocycles. The van der Waals surface area contributed by atoms with Crippen LogP contribution >= 0.6 is 0 Å². The molecule has 0 radical (unpaired) electrons. The molecule has 0 aliphatic carbocycles. The molecule has 0 bridgehead atoms. The Balaban J connectivity index is 2.46. The van der Waals surface area contributed by atoms with Crippen molar-refractivity contribution in [1.29, 1.82) is 0 Å². The molecule has 0 amide bonds. The van der Waals surface area contributed by atoms with Crippen LogP contribution in [0.1, 0.15) is 15.9 Å². The third kappa shape index (κ3) is 2.73. The van der Waals surface area contributed by atoms with Crippen LogP contribution in [0.25, 0.3) is 0 Å². The fourth-order valence-corrected chi connectivity index (χ4v) is 1.92. The molecular weight excluding hydrogens is 245 g/mol. The van der Waals surface area contributed by atoms with Gasteiger partial charge in [0.05, 0.1) is 11.3 Å². The highest BCUT2D eigenvalue weighted by atomic mass is 19.1. The molecule has 4 heteroatoms. The van der Waals surface area contributed by atoms with E-state index in [1.807, 2.05) is 13.0 Å². The Kier molecular flexibility index (Phi) is 3.51. The van der Waals surface area contributed by atoms with Gasteiger partial charge in [0.2, 0.25) is 0 Å². The molecule has 1 N–H and O–H groups in total. The van der Waals surface area contributed by atoms with E-state index in [2.05, 4.69) is 0 Å². The maximum absolute atomic E-state index is 12.9. The summed E-state index contributed by atoms with van der Waals surface area (Å²) in [7, 11) is 1.75. The minimum Gasteiger partial charge on any atom is -0.478 e. The van der Waals surface area contributed by atoms with Gasteiger partial charge in [0.15, 0.2) is 0 Å². The number of carboxylic acid groups (broad SMARTS) is 1. The summed E-state index contributed by atoms with van der Waals surface area (Å²) in [6, 6.07) is 11.1. The third-order valence-corrected chi connectivity index (χ3v) is 2.96. The van der Waals surface area contributed by atoms with Crippen LogP contribution in [0, 0.1) is 12.7 Å². The molecule has 0 heterocycles. The first-order chi connectivity index (χ1) is 8.99. The van der Waals surface area contributed by atoms with Crippen molar-refractivity contribution in [3.05, 3.63) is 59.4 Å². The van der Waals surface area contributed by atoms with Crippen LogP contribution in [0.3, 0.4) is 0 Å². The Labute approximate surface area is 110 Å². The van der Waals surface area contributed by atoms with Crippen LogP contribution in [0.2, 0.25) is 0 Å². The topological polar surface area (TPSA) is 40.5 Å². The lowest BCUT2D eigenvalue weighted by Gasteiger charge is -2.21. The van der Waals surface area contributed by atoms with Gasteiger partial charge in [-0.15, -0.1) is 0 Å². The second-order valence-electron chi connectivity index (χ2n) is 4.36. The van der Waals surface area contributed by atoms with Crippen LogP contribution in [-0.4, -0.2) is 18.1 Å². The summed E-state index contributed by atoms with van der Waals surface area (Å²) in [6.45, 7) is 1.84. The molecule has 0 unspecified atom stereocenters. The number of nitrogens with zero attached hydrogens (tertiary/aromatic N) is 1. The number of hydrogen-bond acceptors (Lipinski definition) is 2. The number of anilines is 2. The van der Waals surface area contributed by atoms with E-state index in [1.165, 1.54) is 12.1 Å². The molecule has 0 aliphatic heterocycles. The highest BCUT2D eigenvalue weighted by Gasteiger charge is 2.14. The van der Waals surface area contributed by atoms with E-state index in [0.29, 0.717) is 5.69 Å². The zero-order valence-corrected chi connectivity index (χ0v) is 10.7. The van der Waals surface area contributed by atoms with Gasteiger partial charge in [-0.2, -0.15) is 0 Å². The lowest BCUT2D eigenvalue weighted by Crippen LogP contribution is -2.14. The van der Waals surface area contributed by atoms with Crippen molar-refractivity contribution in [3.63, 3.8) is 0 Å².